The number of benzene rings is 1. The number of nitrogens with one attached hydrogen (secondary N) is 1. The number of hydrogen-bond donors (Lipinski definition) is 1. The van der Waals surface area contributed by atoms with Gasteiger partial charge in [-0.2, -0.15) is 0 Å². The van der Waals surface area contributed by atoms with Gasteiger partial charge in [0.15, 0.2) is 0 Å². The Morgan fingerprint density at radius 2 is 1.95 bits per heavy atom. The smallest absolute Gasteiger partial charge is 0.407 e. The van der Waals surface area contributed by atoms with Gasteiger partial charge < -0.3 is 14.8 Å². The molecule has 1 aliphatic rings. The topological polar surface area (TPSA) is 50.9 Å². The summed E-state index contributed by atoms with van der Waals surface area (Å²) in [5, 5.41) is 2.76. The summed E-state index contributed by atoms with van der Waals surface area (Å²) in [5.74, 6) is -1.20. The third-order valence-corrected chi connectivity index (χ3v) is 3.18. The summed E-state index contributed by atoms with van der Waals surface area (Å²) in [6, 6.07) is 3.19. The molecule has 1 aromatic rings. The van der Waals surface area contributed by atoms with Gasteiger partial charge in [0.25, 0.3) is 0 Å². The van der Waals surface area contributed by atoms with E-state index < -0.39 is 23.3 Å². The van der Waals surface area contributed by atoms with Crippen molar-refractivity contribution in [1.29, 1.82) is 0 Å². The maximum Gasteiger partial charge on any atom is 0.407 e. The molecule has 1 amide bonds. The number of rotatable bonds is 5. The average Bonchev–Trinajstić information content (AvgIpc) is 3.15. The van der Waals surface area contributed by atoms with E-state index in [0.29, 0.717) is 25.0 Å². The average molecular weight is 313 g/mol. The summed E-state index contributed by atoms with van der Waals surface area (Å²) < 4.78 is 36.8. The number of ether oxygens (including phenoxy) is 2. The minimum absolute atomic E-state index is 0.0640. The highest BCUT2D eigenvalue weighted by molar-refractivity contribution is 5.68. The van der Waals surface area contributed by atoms with Gasteiger partial charge >= 0.3 is 6.09 Å². The summed E-state index contributed by atoms with van der Waals surface area (Å²) >= 11 is 0. The molecule has 6 heteroatoms. The van der Waals surface area contributed by atoms with Gasteiger partial charge in [0, 0.05) is 6.07 Å². The Balaban J connectivity index is 1.90. The van der Waals surface area contributed by atoms with Crippen molar-refractivity contribution in [3.8, 4) is 0 Å². The summed E-state index contributed by atoms with van der Waals surface area (Å²) in [6.45, 7) is 5.91. The van der Waals surface area contributed by atoms with Crippen molar-refractivity contribution in [2.45, 2.75) is 51.4 Å². The van der Waals surface area contributed by atoms with Crippen LogP contribution in [0.25, 0.3) is 0 Å². The number of alkyl carbamates (subject to hydrolysis) is 1. The zero-order chi connectivity index (χ0) is 16.3. The van der Waals surface area contributed by atoms with Crippen LogP contribution in [0.2, 0.25) is 0 Å². The van der Waals surface area contributed by atoms with Gasteiger partial charge in [0.1, 0.15) is 23.3 Å². The van der Waals surface area contributed by atoms with Crippen LogP contribution >= 0.6 is 0 Å². The molecule has 1 aliphatic heterocycles. The van der Waals surface area contributed by atoms with E-state index in [1.165, 1.54) is 12.1 Å². The fourth-order valence-corrected chi connectivity index (χ4v) is 2.18. The van der Waals surface area contributed by atoms with Crippen LogP contribution < -0.4 is 5.32 Å². The van der Waals surface area contributed by atoms with Crippen LogP contribution in [0.3, 0.4) is 0 Å². The second-order valence-electron chi connectivity index (χ2n) is 6.44. The van der Waals surface area contributed by atoms with Crippen molar-refractivity contribution in [3.05, 3.63) is 35.4 Å². The number of epoxide rings is 1. The normalized spacial score (nSPS) is 18.7. The second-order valence-corrected chi connectivity index (χ2v) is 6.44. The molecular formula is C16H21F2NO3. The van der Waals surface area contributed by atoms with Crippen LogP contribution in [0.5, 0.6) is 0 Å². The molecule has 1 aromatic carbocycles. The van der Waals surface area contributed by atoms with Crippen molar-refractivity contribution in [2.75, 3.05) is 6.61 Å². The summed E-state index contributed by atoms with van der Waals surface area (Å²) in [7, 11) is 0. The van der Waals surface area contributed by atoms with E-state index in [1.807, 2.05) is 0 Å². The molecule has 0 saturated carbocycles. The highest BCUT2D eigenvalue weighted by Gasteiger charge is 2.34. The molecule has 22 heavy (non-hydrogen) atoms. The van der Waals surface area contributed by atoms with Crippen LogP contribution in [0, 0.1) is 11.6 Å². The number of amides is 1. The van der Waals surface area contributed by atoms with Gasteiger partial charge in [0.05, 0.1) is 12.6 Å². The Hall–Kier alpha value is -1.69. The lowest BCUT2D eigenvalue weighted by atomic mass is 10.0. The van der Waals surface area contributed by atoms with Crippen LogP contribution in [0.4, 0.5) is 13.6 Å². The molecule has 1 fully saturated rings. The Kier molecular flexibility index (Phi) is 5.01. The molecule has 1 N–H and O–H groups in total. The maximum atomic E-state index is 13.2. The van der Waals surface area contributed by atoms with E-state index in [2.05, 4.69) is 5.32 Å². The molecule has 122 valence electrons. The quantitative estimate of drug-likeness (QED) is 0.849. The molecule has 0 bridgehead atoms. The Morgan fingerprint density at radius 3 is 2.45 bits per heavy atom. The molecule has 0 aliphatic carbocycles. The van der Waals surface area contributed by atoms with Crippen molar-refractivity contribution >= 4 is 6.09 Å². The third-order valence-electron chi connectivity index (χ3n) is 3.18. The first-order chi connectivity index (χ1) is 10.2. The monoisotopic (exact) mass is 313 g/mol. The van der Waals surface area contributed by atoms with E-state index in [1.54, 1.807) is 20.8 Å². The SMILES string of the molecule is CC(C)(C)OC(=O)N[C@@H](CCc1cc(F)cc(F)c1)[C@H]1CO1. The van der Waals surface area contributed by atoms with Crippen LogP contribution in [0.15, 0.2) is 18.2 Å². The lowest BCUT2D eigenvalue weighted by Crippen LogP contribution is -2.42. The lowest BCUT2D eigenvalue weighted by molar-refractivity contribution is 0.0492. The van der Waals surface area contributed by atoms with E-state index in [-0.39, 0.29) is 12.1 Å². The largest absolute Gasteiger partial charge is 0.444 e. The number of carbonyl (C=O) groups is 1. The first-order valence-electron chi connectivity index (χ1n) is 7.29. The summed E-state index contributed by atoms with van der Waals surface area (Å²) in [5.41, 5.74) is -0.0285. The minimum atomic E-state index is -0.602. The van der Waals surface area contributed by atoms with E-state index in [4.69, 9.17) is 9.47 Å². The Labute approximate surface area is 128 Å². The van der Waals surface area contributed by atoms with Gasteiger partial charge in [-0.25, -0.2) is 13.6 Å². The van der Waals surface area contributed by atoms with Gasteiger partial charge in [-0.1, -0.05) is 0 Å². The Bertz CT molecular complexity index is 518. The molecule has 1 saturated heterocycles. The molecule has 1 heterocycles. The predicted molar refractivity (Wildman–Crippen MR) is 77.6 cm³/mol. The number of carbonyl (C=O) groups excluding carboxylic acids is 1. The van der Waals surface area contributed by atoms with Crippen molar-refractivity contribution in [3.63, 3.8) is 0 Å². The van der Waals surface area contributed by atoms with Gasteiger partial charge in [0.2, 0.25) is 0 Å². The van der Waals surface area contributed by atoms with Crippen molar-refractivity contribution in [1.82, 2.24) is 5.32 Å². The molecule has 0 radical (unpaired) electrons. The standard InChI is InChI=1S/C16H21F2NO3/c1-16(2,3)22-15(20)19-13(14-9-21-14)5-4-10-6-11(17)8-12(18)7-10/h6-8,13-14H,4-5,9H2,1-3H3,(H,19,20)/t13-,14+/m0/s1. The zero-order valence-corrected chi connectivity index (χ0v) is 13.0. The molecule has 0 aromatic heterocycles. The van der Waals surface area contributed by atoms with Gasteiger partial charge in [-0.05, 0) is 51.3 Å². The predicted octanol–water partition coefficient (Wildman–Crippen LogP) is 3.19. The van der Waals surface area contributed by atoms with Crippen molar-refractivity contribution < 1.29 is 23.0 Å². The van der Waals surface area contributed by atoms with Crippen LogP contribution in [-0.4, -0.2) is 30.4 Å². The zero-order valence-electron chi connectivity index (χ0n) is 13.0. The first kappa shape index (κ1) is 16.7. The van der Waals surface area contributed by atoms with Crippen molar-refractivity contribution in [2.24, 2.45) is 0 Å². The second kappa shape index (κ2) is 6.60. The summed E-state index contributed by atoms with van der Waals surface area (Å²) in [4.78, 5) is 11.8. The molecule has 2 rings (SSSR count). The third kappa shape index (κ3) is 5.60. The first-order valence-corrected chi connectivity index (χ1v) is 7.29. The molecule has 0 unspecified atom stereocenters. The van der Waals surface area contributed by atoms with E-state index in [0.717, 1.165) is 6.07 Å². The molecule has 4 nitrogen and oxygen atoms in total. The molecular weight excluding hydrogens is 292 g/mol. The highest BCUT2D eigenvalue weighted by Crippen LogP contribution is 2.20. The van der Waals surface area contributed by atoms with Crippen LogP contribution in [0.1, 0.15) is 32.8 Å². The Morgan fingerprint density at radius 1 is 1.36 bits per heavy atom. The number of hydrogen-bond acceptors (Lipinski definition) is 3. The van der Waals surface area contributed by atoms with E-state index in [9.17, 15) is 13.6 Å². The fourth-order valence-electron chi connectivity index (χ4n) is 2.18. The van der Waals surface area contributed by atoms with Gasteiger partial charge in [-0.3, -0.25) is 0 Å². The number of halogens is 2. The highest BCUT2D eigenvalue weighted by atomic mass is 19.1. The van der Waals surface area contributed by atoms with E-state index >= 15 is 0 Å². The van der Waals surface area contributed by atoms with Gasteiger partial charge in [-0.15, -0.1) is 0 Å². The summed E-state index contributed by atoms with van der Waals surface area (Å²) in [6.07, 6.45) is 0.381. The lowest BCUT2D eigenvalue weighted by Gasteiger charge is -2.23. The minimum Gasteiger partial charge on any atom is -0.444 e. The molecule has 2 atom stereocenters. The fraction of sp³-hybridized carbons (Fsp3) is 0.562. The molecule has 0 spiro atoms. The van der Waals surface area contributed by atoms with Crippen LogP contribution in [-0.2, 0) is 15.9 Å². The maximum absolute atomic E-state index is 13.2. The number of aryl methyl sites for hydroxylation is 1.